The zero-order valence-electron chi connectivity index (χ0n) is 13.5. The van der Waals surface area contributed by atoms with Crippen LogP contribution in [-0.2, 0) is 4.79 Å². The third-order valence-electron chi connectivity index (χ3n) is 3.96. The van der Waals surface area contributed by atoms with E-state index in [1.807, 2.05) is 0 Å². The lowest BCUT2D eigenvalue weighted by Gasteiger charge is -2.23. The Morgan fingerprint density at radius 2 is 2.15 bits per heavy atom. The van der Waals surface area contributed by atoms with Crippen molar-refractivity contribution in [3.63, 3.8) is 0 Å². The van der Waals surface area contributed by atoms with E-state index in [1.54, 1.807) is 6.07 Å². The Hall–Kier alpha value is -2.61. The van der Waals surface area contributed by atoms with E-state index in [-0.39, 0.29) is 28.3 Å². The van der Waals surface area contributed by atoms with E-state index < -0.39 is 12.7 Å². The fourth-order valence-electron chi connectivity index (χ4n) is 2.82. The molecule has 3 rings (SSSR count). The molecule has 1 fully saturated rings. The van der Waals surface area contributed by atoms with Crippen molar-refractivity contribution < 1.29 is 27.5 Å². The van der Waals surface area contributed by atoms with Crippen molar-refractivity contribution in [3.05, 3.63) is 47.4 Å². The molecule has 9 heteroatoms. The molecular weight excluding hydrogens is 370 g/mol. The van der Waals surface area contributed by atoms with Crippen LogP contribution >= 0.6 is 11.6 Å². The summed E-state index contributed by atoms with van der Waals surface area (Å²) in [5.74, 6) is -0.760. The number of nitrogens with zero attached hydrogens (tertiary/aromatic N) is 1. The van der Waals surface area contributed by atoms with Gasteiger partial charge in [0.25, 0.3) is 5.91 Å². The van der Waals surface area contributed by atoms with Crippen LogP contribution < -0.4 is 10.1 Å². The number of anilines is 1. The molecule has 26 heavy (non-hydrogen) atoms. The first-order valence-electron chi connectivity index (χ1n) is 7.85. The largest absolute Gasteiger partial charge is 0.459 e. The number of furan rings is 1. The molecule has 1 unspecified atom stereocenters. The number of ether oxygens (including phenoxy) is 1. The van der Waals surface area contributed by atoms with E-state index in [0.29, 0.717) is 25.1 Å². The van der Waals surface area contributed by atoms with Gasteiger partial charge in [-0.25, -0.2) is 0 Å². The molecule has 2 aromatic rings. The van der Waals surface area contributed by atoms with Crippen molar-refractivity contribution in [1.82, 2.24) is 4.90 Å². The molecule has 2 amide bonds. The molecule has 1 aromatic carbocycles. The van der Waals surface area contributed by atoms with Crippen molar-refractivity contribution in [3.8, 4) is 5.75 Å². The molecule has 138 valence electrons. The van der Waals surface area contributed by atoms with Crippen LogP contribution in [-0.4, -0.2) is 35.9 Å². The van der Waals surface area contributed by atoms with Crippen LogP contribution in [0.1, 0.15) is 23.4 Å². The molecule has 0 bridgehead atoms. The number of alkyl halides is 2. The number of hydrogen-bond acceptors (Lipinski definition) is 4. The Labute approximate surface area is 152 Å². The van der Waals surface area contributed by atoms with Gasteiger partial charge in [0, 0.05) is 12.2 Å². The second kappa shape index (κ2) is 7.74. The summed E-state index contributed by atoms with van der Waals surface area (Å²) < 4.78 is 33.9. The lowest BCUT2D eigenvalue weighted by atomic mass is 10.2. The minimum atomic E-state index is -2.99. The second-order valence-corrected chi connectivity index (χ2v) is 6.05. The van der Waals surface area contributed by atoms with E-state index in [9.17, 15) is 18.4 Å². The SMILES string of the molecule is O=C(Nc1ccc(OC(F)F)c(Cl)c1)C1CCCN1C(=O)c1ccco1. The molecule has 1 aromatic heterocycles. The third kappa shape index (κ3) is 3.96. The molecule has 0 radical (unpaired) electrons. The number of benzene rings is 1. The molecule has 1 atom stereocenters. The summed E-state index contributed by atoms with van der Waals surface area (Å²) in [5.41, 5.74) is 0.318. The number of halogens is 3. The van der Waals surface area contributed by atoms with Crippen molar-refractivity contribution in [2.45, 2.75) is 25.5 Å². The van der Waals surface area contributed by atoms with Gasteiger partial charge in [-0.1, -0.05) is 11.6 Å². The second-order valence-electron chi connectivity index (χ2n) is 5.65. The summed E-state index contributed by atoms with van der Waals surface area (Å²) in [7, 11) is 0. The molecule has 1 N–H and O–H groups in total. The van der Waals surface area contributed by atoms with E-state index in [2.05, 4.69) is 10.1 Å². The average molecular weight is 385 g/mol. The number of amides is 2. The van der Waals surface area contributed by atoms with E-state index in [0.717, 1.165) is 0 Å². The summed E-state index contributed by atoms with van der Waals surface area (Å²) in [5, 5.41) is 2.59. The maximum Gasteiger partial charge on any atom is 0.387 e. The van der Waals surface area contributed by atoms with Crippen molar-refractivity contribution in [1.29, 1.82) is 0 Å². The summed E-state index contributed by atoms with van der Waals surface area (Å²) in [6.07, 6.45) is 2.59. The highest BCUT2D eigenvalue weighted by molar-refractivity contribution is 6.32. The molecular formula is C17H15ClF2N2O4. The Morgan fingerprint density at radius 1 is 1.35 bits per heavy atom. The van der Waals surface area contributed by atoms with Crippen molar-refractivity contribution in [2.24, 2.45) is 0 Å². The smallest absolute Gasteiger partial charge is 0.387 e. The summed E-state index contributed by atoms with van der Waals surface area (Å²) in [6, 6.07) is 6.44. The van der Waals surface area contributed by atoms with Crippen LogP contribution in [0.3, 0.4) is 0 Å². The molecule has 2 heterocycles. The number of nitrogens with one attached hydrogen (secondary N) is 1. The van der Waals surface area contributed by atoms with Crippen LogP contribution in [0.2, 0.25) is 5.02 Å². The molecule has 1 saturated heterocycles. The van der Waals surface area contributed by atoms with Gasteiger partial charge in [-0.15, -0.1) is 0 Å². The number of carbonyl (C=O) groups is 2. The van der Waals surface area contributed by atoms with Gasteiger partial charge in [0.2, 0.25) is 5.91 Å². The van der Waals surface area contributed by atoms with Crippen LogP contribution in [0.5, 0.6) is 5.75 Å². The highest BCUT2D eigenvalue weighted by atomic mass is 35.5. The summed E-state index contributed by atoms with van der Waals surface area (Å²) >= 11 is 5.88. The van der Waals surface area contributed by atoms with Gasteiger partial charge in [0.05, 0.1) is 11.3 Å². The predicted octanol–water partition coefficient (Wildman–Crippen LogP) is 3.78. The lowest BCUT2D eigenvalue weighted by molar-refractivity contribution is -0.119. The first-order valence-corrected chi connectivity index (χ1v) is 8.23. The maximum absolute atomic E-state index is 12.5. The lowest BCUT2D eigenvalue weighted by Crippen LogP contribution is -2.43. The number of hydrogen-bond donors (Lipinski definition) is 1. The van der Waals surface area contributed by atoms with E-state index in [1.165, 1.54) is 35.4 Å². The minimum absolute atomic E-state index is 0.0574. The normalized spacial score (nSPS) is 16.8. The Bertz CT molecular complexity index is 798. The standard InChI is InChI=1S/C17H15ClF2N2O4/c18-11-9-10(5-6-13(11)26-17(19)20)21-15(23)12-3-1-7-22(12)16(24)14-4-2-8-25-14/h2,4-6,8-9,12,17H,1,3,7H2,(H,21,23). The van der Waals surface area contributed by atoms with Crippen LogP contribution in [0.4, 0.5) is 14.5 Å². The van der Waals surface area contributed by atoms with Gasteiger partial charge < -0.3 is 19.4 Å². The molecule has 0 aliphatic carbocycles. The van der Waals surface area contributed by atoms with Gasteiger partial charge in [-0.05, 0) is 43.2 Å². The summed E-state index contributed by atoms with van der Waals surface area (Å²) in [4.78, 5) is 26.4. The van der Waals surface area contributed by atoms with Gasteiger partial charge in [0.1, 0.15) is 11.8 Å². The monoisotopic (exact) mass is 384 g/mol. The number of rotatable bonds is 5. The predicted molar refractivity (Wildman–Crippen MR) is 89.5 cm³/mol. The average Bonchev–Trinajstić information content (AvgIpc) is 3.28. The van der Waals surface area contributed by atoms with Gasteiger partial charge >= 0.3 is 6.61 Å². The zero-order valence-corrected chi connectivity index (χ0v) is 14.2. The van der Waals surface area contributed by atoms with Gasteiger partial charge in [0.15, 0.2) is 5.76 Å². The topological polar surface area (TPSA) is 71.8 Å². The van der Waals surface area contributed by atoms with E-state index >= 15 is 0 Å². The Kier molecular flexibility index (Phi) is 5.41. The maximum atomic E-state index is 12.5. The van der Waals surface area contributed by atoms with Crippen LogP contribution in [0.15, 0.2) is 41.0 Å². The van der Waals surface area contributed by atoms with Crippen LogP contribution in [0.25, 0.3) is 0 Å². The summed E-state index contributed by atoms with van der Waals surface area (Å²) in [6.45, 7) is -2.55. The quantitative estimate of drug-likeness (QED) is 0.851. The molecule has 1 aliphatic rings. The Balaban J connectivity index is 1.69. The number of likely N-dealkylation sites (tertiary alicyclic amines) is 1. The minimum Gasteiger partial charge on any atom is -0.459 e. The fraction of sp³-hybridized carbons (Fsp3) is 0.294. The van der Waals surface area contributed by atoms with Gasteiger partial charge in [-0.3, -0.25) is 9.59 Å². The fourth-order valence-corrected chi connectivity index (χ4v) is 3.04. The molecule has 6 nitrogen and oxygen atoms in total. The first kappa shape index (κ1) is 18.2. The zero-order chi connectivity index (χ0) is 18.7. The molecule has 0 saturated carbocycles. The molecule has 0 spiro atoms. The number of carbonyl (C=O) groups excluding carboxylic acids is 2. The highest BCUT2D eigenvalue weighted by Gasteiger charge is 2.35. The third-order valence-corrected chi connectivity index (χ3v) is 4.26. The van der Waals surface area contributed by atoms with E-state index in [4.69, 9.17) is 16.0 Å². The first-order chi connectivity index (χ1) is 12.5. The van der Waals surface area contributed by atoms with Crippen molar-refractivity contribution >= 4 is 29.1 Å². The molecule has 1 aliphatic heterocycles. The van der Waals surface area contributed by atoms with Gasteiger partial charge in [-0.2, -0.15) is 8.78 Å². The highest BCUT2D eigenvalue weighted by Crippen LogP contribution is 2.29. The van der Waals surface area contributed by atoms with Crippen LogP contribution in [0, 0.1) is 0 Å². The van der Waals surface area contributed by atoms with Crippen molar-refractivity contribution in [2.75, 3.05) is 11.9 Å². The Morgan fingerprint density at radius 3 is 2.81 bits per heavy atom.